The molecule has 3 heterocycles. The lowest BCUT2D eigenvalue weighted by Crippen LogP contribution is -2.30. The molecule has 1 aliphatic rings. The summed E-state index contributed by atoms with van der Waals surface area (Å²) in [4.78, 5) is 16.7. The predicted octanol–water partition coefficient (Wildman–Crippen LogP) is 3.17. The number of amides is 1. The molecule has 4 rings (SSSR count). The molecule has 0 aliphatic heterocycles. The molecule has 0 bridgehead atoms. The Balaban J connectivity index is 1.42. The van der Waals surface area contributed by atoms with Crippen LogP contribution in [0, 0.1) is 5.41 Å². The topological polar surface area (TPSA) is 88.5 Å². The number of H-pyrrole nitrogens is 1. The Morgan fingerprint density at radius 2 is 2.33 bits per heavy atom. The standard InChI is InChI=1S/C16H18N6OS/c1-16(3-2-4-16)10-22-8-12(7-19-22)20-14(23)13-9-24-15(21-13)11-5-17-18-6-11/h5-9H,2-4,10H2,1H3,(H,17,18)(H,20,23). The molecule has 3 aromatic heterocycles. The van der Waals surface area contributed by atoms with Gasteiger partial charge in [0.1, 0.15) is 10.7 Å². The largest absolute Gasteiger partial charge is 0.318 e. The molecule has 0 aromatic carbocycles. The Bertz CT molecular complexity index is 846. The van der Waals surface area contributed by atoms with E-state index >= 15 is 0 Å². The van der Waals surface area contributed by atoms with Crippen molar-refractivity contribution in [3.63, 3.8) is 0 Å². The number of hydrogen-bond donors (Lipinski definition) is 2. The highest BCUT2D eigenvalue weighted by Crippen LogP contribution is 2.41. The summed E-state index contributed by atoms with van der Waals surface area (Å²) in [5.74, 6) is -0.226. The fourth-order valence-corrected chi connectivity index (χ4v) is 3.70. The summed E-state index contributed by atoms with van der Waals surface area (Å²) >= 11 is 1.42. The maximum Gasteiger partial charge on any atom is 0.275 e. The summed E-state index contributed by atoms with van der Waals surface area (Å²) in [6, 6.07) is 0. The van der Waals surface area contributed by atoms with Crippen LogP contribution < -0.4 is 5.32 Å². The molecule has 0 saturated heterocycles. The molecule has 7 nitrogen and oxygen atoms in total. The Labute approximate surface area is 143 Å². The number of aromatic amines is 1. The summed E-state index contributed by atoms with van der Waals surface area (Å²) in [7, 11) is 0. The van der Waals surface area contributed by atoms with Gasteiger partial charge in [-0.1, -0.05) is 13.3 Å². The van der Waals surface area contributed by atoms with E-state index in [-0.39, 0.29) is 5.91 Å². The first kappa shape index (κ1) is 15.1. The van der Waals surface area contributed by atoms with Gasteiger partial charge in [0.2, 0.25) is 0 Å². The molecular formula is C16H18N6OS. The normalized spacial score (nSPS) is 15.9. The van der Waals surface area contributed by atoms with Crippen molar-refractivity contribution in [1.82, 2.24) is 25.0 Å². The summed E-state index contributed by atoms with van der Waals surface area (Å²) < 4.78 is 1.91. The van der Waals surface area contributed by atoms with Crippen LogP contribution in [0.25, 0.3) is 10.6 Å². The van der Waals surface area contributed by atoms with E-state index in [1.54, 1.807) is 24.0 Å². The highest BCUT2D eigenvalue weighted by Gasteiger charge is 2.32. The van der Waals surface area contributed by atoms with Gasteiger partial charge < -0.3 is 5.32 Å². The molecular weight excluding hydrogens is 324 g/mol. The SMILES string of the molecule is CC1(Cn2cc(NC(=O)c3csc(-c4cn[nH]c4)n3)cn2)CCC1. The number of nitrogens with one attached hydrogen (secondary N) is 2. The quantitative estimate of drug-likeness (QED) is 0.745. The van der Waals surface area contributed by atoms with Crippen molar-refractivity contribution in [2.24, 2.45) is 5.41 Å². The second kappa shape index (κ2) is 5.86. The van der Waals surface area contributed by atoms with Gasteiger partial charge in [0.15, 0.2) is 0 Å². The molecule has 0 unspecified atom stereocenters. The fourth-order valence-electron chi connectivity index (χ4n) is 2.92. The molecule has 24 heavy (non-hydrogen) atoms. The first-order valence-electron chi connectivity index (χ1n) is 7.90. The number of rotatable bonds is 5. The van der Waals surface area contributed by atoms with Gasteiger partial charge in [0.25, 0.3) is 5.91 Å². The number of thiazole rings is 1. The molecule has 124 valence electrons. The van der Waals surface area contributed by atoms with Gasteiger partial charge in [-0.3, -0.25) is 14.6 Å². The van der Waals surface area contributed by atoms with Crippen LogP contribution in [-0.4, -0.2) is 30.9 Å². The third-order valence-electron chi connectivity index (χ3n) is 4.48. The molecule has 0 spiro atoms. The van der Waals surface area contributed by atoms with E-state index in [4.69, 9.17) is 0 Å². The van der Waals surface area contributed by atoms with Crippen LogP contribution in [0.3, 0.4) is 0 Å². The average Bonchev–Trinajstić information content (AvgIpc) is 3.26. The average molecular weight is 342 g/mol. The highest BCUT2D eigenvalue weighted by molar-refractivity contribution is 7.13. The number of nitrogens with zero attached hydrogens (tertiary/aromatic N) is 4. The maximum atomic E-state index is 12.3. The minimum Gasteiger partial charge on any atom is -0.318 e. The van der Waals surface area contributed by atoms with E-state index in [1.807, 2.05) is 10.9 Å². The molecule has 1 aliphatic carbocycles. The first-order valence-corrected chi connectivity index (χ1v) is 8.78. The third-order valence-corrected chi connectivity index (χ3v) is 5.37. The van der Waals surface area contributed by atoms with Crippen molar-refractivity contribution in [3.8, 4) is 10.6 Å². The minimum absolute atomic E-state index is 0.226. The van der Waals surface area contributed by atoms with Crippen LogP contribution in [0.4, 0.5) is 5.69 Å². The highest BCUT2D eigenvalue weighted by atomic mass is 32.1. The Morgan fingerprint density at radius 1 is 1.46 bits per heavy atom. The number of carbonyl (C=O) groups is 1. The first-order chi connectivity index (χ1) is 11.6. The van der Waals surface area contributed by atoms with Crippen molar-refractivity contribution in [2.75, 3.05) is 5.32 Å². The summed E-state index contributed by atoms with van der Waals surface area (Å²) in [6.07, 6.45) is 10.8. The number of anilines is 1. The van der Waals surface area contributed by atoms with E-state index in [1.165, 1.54) is 30.6 Å². The Hall–Kier alpha value is -2.48. The smallest absolute Gasteiger partial charge is 0.275 e. The second-order valence-corrected chi connectivity index (χ2v) is 7.43. The van der Waals surface area contributed by atoms with Crippen LogP contribution in [-0.2, 0) is 6.54 Å². The van der Waals surface area contributed by atoms with E-state index in [9.17, 15) is 4.79 Å². The van der Waals surface area contributed by atoms with Gasteiger partial charge in [-0.15, -0.1) is 11.3 Å². The van der Waals surface area contributed by atoms with Gasteiger partial charge in [-0.2, -0.15) is 10.2 Å². The van der Waals surface area contributed by atoms with E-state index in [0.717, 1.165) is 17.1 Å². The van der Waals surface area contributed by atoms with E-state index in [2.05, 4.69) is 32.5 Å². The van der Waals surface area contributed by atoms with E-state index < -0.39 is 0 Å². The predicted molar refractivity (Wildman–Crippen MR) is 91.8 cm³/mol. The lowest BCUT2D eigenvalue weighted by Gasteiger charge is -2.38. The fraction of sp³-hybridized carbons (Fsp3) is 0.375. The van der Waals surface area contributed by atoms with Crippen molar-refractivity contribution in [2.45, 2.75) is 32.7 Å². The summed E-state index contributed by atoms with van der Waals surface area (Å²) in [6.45, 7) is 3.17. The van der Waals surface area contributed by atoms with Crippen LogP contribution in [0.5, 0.6) is 0 Å². The van der Waals surface area contributed by atoms with Gasteiger partial charge in [0, 0.05) is 29.9 Å². The molecule has 8 heteroatoms. The van der Waals surface area contributed by atoms with Gasteiger partial charge >= 0.3 is 0 Å². The van der Waals surface area contributed by atoms with Gasteiger partial charge in [0.05, 0.1) is 18.1 Å². The van der Waals surface area contributed by atoms with Crippen LogP contribution in [0.15, 0.2) is 30.2 Å². The summed E-state index contributed by atoms with van der Waals surface area (Å²) in [5, 5.41) is 16.4. The second-order valence-electron chi connectivity index (χ2n) is 6.57. The van der Waals surface area contributed by atoms with E-state index in [0.29, 0.717) is 16.8 Å². The number of carbonyl (C=O) groups excluding carboxylic acids is 1. The van der Waals surface area contributed by atoms with Crippen LogP contribution >= 0.6 is 11.3 Å². The minimum atomic E-state index is -0.226. The van der Waals surface area contributed by atoms with Crippen molar-refractivity contribution >= 4 is 22.9 Å². The number of hydrogen-bond acceptors (Lipinski definition) is 5. The van der Waals surface area contributed by atoms with Crippen molar-refractivity contribution < 1.29 is 4.79 Å². The zero-order chi connectivity index (χ0) is 16.6. The van der Waals surface area contributed by atoms with Gasteiger partial charge in [-0.25, -0.2) is 4.98 Å². The molecule has 3 aromatic rings. The third kappa shape index (κ3) is 2.96. The lowest BCUT2D eigenvalue weighted by molar-refractivity contribution is 0.102. The van der Waals surface area contributed by atoms with Crippen LogP contribution in [0.1, 0.15) is 36.7 Å². The maximum absolute atomic E-state index is 12.3. The molecule has 0 atom stereocenters. The molecule has 2 N–H and O–H groups in total. The number of aromatic nitrogens is 5. The zero-order valence-electron chi connectivity index (χ0n) is 13.3. The molecule has 1 fully saturated rings. The van der Waals surface area contributed by atoms with Crippen LogP contribution in [0.2, 0.25) is 0 Å². The zero-order valence-corrected chi connectivity index (χ0v) is 14.1. The van der Waals surface area contributed by atoms with Crippen molar-refractivity contribution in [1.29, 1.82) is 0 Å². The molecule has 1 amide bonds. The monoisotopic (exact) mass is 342 g/mol. The summed E-state index contributed by atoms with van der Waals surface area (Å²) in [5.41, 5.74) is 2.32. The lowest BCUT2D eigenvalue weighted by atomic mass is 9.70. The van der Waals surface area contributed by atoms with Gasteiger partial charge in [-0.05, 0) is 18.3 Å². The molecule has 1 saturated carbocycles. The van der Waals surface area contributed by atoms with Crippen molar-refractivity contribution in [3.05, 3.63) is 35.9 Å². The Morgan fingerprint density at radius 3 is 3.04 bits per heavy atom. The molecule has 0 radical (unpaired) electrons. The Kier molecular flexibility index (Phi) is 3.68.